The van der Waals surface area contributed by atoms with Gasteiger partial charge in [0.2, 0.25) is 10.0 Å². The molecule has 102 valence electrons. The zero-order valence-electron chi connectivity index (χ0n) is 10.0. The molecule has 19 heavy (non-hydrogen) atoms. The molecule has 0 N–H and O–H groups in total. The summed E-state index contributed by atoms with van der Waals surface area (Å²) < 4.78 is 51.6. The van der Waals surface area contributed by atoms with Crippen molar-refractivity contribution in [3.05, 3.63) is 29.8 Å². The Kier molecular flexibility index (Phi) is 3.83. The molecule has 0 aromatic heterocycles. The van der Waals surface area contributed by atoms with Crippen molar-refractivity contribution >= 4 is 10.0 Å². The zero-order valence-corrected chi connectivity index (χ0v) is 10.8. The summed E-state index contributed by atoms with van der Waals surface area (Å²) in [5.74, 6) is -2.32. The topological polar surface area (TPSA) is 61.2 Å². The highest BCUT2D eigenvalue weighted by Gasteiger charge is 2.33. The van der Waals surface area contributed by atoms with Crippen molar-refractivity contribution < 1.29 is 17.2 Å². The predicted molar refractivity (Wildman–Crippen MR) is 63.5 cm³/mol. The molecule has 1 aliphatic heterocycles. The Morgan fingerprint density at radius 2 is 2.00 bits per heavy atom. The molecule has 0 spiro atoms. The van der Waals surface area contributed by atoms with Crippen LogP contribution in [0.1, 0.15) is 19.3 Å². The van der Waals surface area contributed by atoms with Gasteiger partial charge in [-0.2, -0.15) is 9.57 Å². The summed E-state index contributed by atoms with van der Waals surface area (Å²) in [5.41, 5.74) is 0. The number of nitrogens with zero attached hydrogens (tertiary/aromatic N) is 2. The van der Waals surface area contributed by atoms with Crippen molar-refractivity contribution in [2.45, 2.75) is 30.2 Å². The number of hydrogen-bond donors (Lipinski definition) is 0. The summed E-state index contributed by atoms with van der Waals surface area (Å²) in [4.78, 5) is -0.325. The zero-order chi connectivity index (χ0) is 14.0. The molecule has 0 amide bonds. The quantitative estimate of drug-likeness (QED) is 0.835. The third kappa shape index (κ3) is 2.60. The Morgan fingerprint density at radius 1 is 1.26 bits per heavy atom. The van der Waals surface area contributed by atoms with E-state index in [9.17, 15) is 17.2 Å². The van der Waals surface area contributed by atoms with Crippen molar-refractivity contribution in [2.24, 2.45) is 0 Å². The maximum absolute atomic E-state index is 13.1. The standard InChI is InChI=1S/C12H12F2N2O2S/c13-11-5-4-10(7-12(11)14)19(17,18)16-6-2-1-3-9(16)8-15/h4-5,7,9H,1-3,6H2. The normalized spacial score (nSPS) is 21.0. The highest BCUT2D eigenvalue weighted by Crippen LogP contribution is 2.25. The molecular formula is C12H12F2N2O2S. The van der Waals surface area contributed by atoms with E-state index in [0.717, 1.165) is 22.9 Å². The molecule has 4 nitrogen and oxygen atoms in total. The second-order valence-corrected chi connectivity index (χ2v) is 6.22. The average Bonchev–Trinajstić information content (AvgIpc) is 2.41. The highest BCUT2D eigenvalue weighted by atomic mass is 32.2. The largest absolute Gasteiger partial charge is 0.244 e. The lowest BCUT2D eigenvalue weighted by Gasteiger charge is -2.30. The van der Waals surface area contributed by atoms with Gasteiger partial charge in [-0.3, -0.25) is 0 Å². The van der Waals surface area contributed by atoms with E-state index in [0.29, 0.717) is 18.9 Å². The van der Waals surface area contributed by atoms with Gasteiger partial charge in [0.15, 0.2) is 11.6 Å². The fraction of sp³-hybridized carbons (Fsp3) is 0.417. The van der Waals surface area contributed by atoms with E-state index in [1.54, 1.807) is 0 Å². The number of sulfonamides is 1. The molecule has 1 aromatic rings. The first-order chi connectivity index (χ1) is 8.96. The Hall–Kier alpha value is -1.52. The van der Waals surface area contributed by atoms with E-state index in [2.05, 4.69) is 0 Å². The molecule has 1 heterocycles. The van der Waals surface area contributed by atoms with Gasteiger partial charge in [-0.25, -0.2) is 17.2 Å². The monoisotopic (exact) mass is 286 g/mol. The molecule has 1 unspecified atom stereocenters. The molecule has 0 saturated carbocycles. The van der Waals surface area contributed by atoms with Crippen LogP contribution in [-0.2, 0) is 10.0 Å². The van der Waals surface area contributed by atoms with Gasteiger partial charge in [-0.1, -0.05) is 0 Å². The molecule has 0 aliphatic carbocycles. The molecule has 0 bridgehead atoms. The van der Waals surface area contributed by atoms with Crippen molar-refractivity contribution in [2.75, 3.05) is 6.54 Å². The molecular weight excluding hydrogens is 274 g/mol. The van der Waals surface area contributed by atoms with Crippen LogP contribution >= 0.6 is 0 Å². The third-order valence-electron chi connectivity index (χ3n) is 3.10. The van der Waals surface area contributed by atoms with Gasteiger partial charge in [-0.15, -0.1) is 0 Å². The van der Waals surface area contributed by atoms with Crippen molar-refractivity contribution in [3.8, 4) is 6.07 Å². The van der Waals surface area contributed by atoms with Crippen LogP contribution in [0.2, 0.25) is 0 Å². The van der Waals surface area contributed by atoms with Crippen LogP contribution in [-0.4, -0.2) is 25.3 Å². The second kappa shape index (κ2) is 5.23. The minimum atomic E-state index is -3.96. The molecule has 1 aliphatic rings. The Balaban J connectivity index is 2.41. The number of hydrogen-bond acceptors (Lipinski definition) is 3. The number of nitriles is 1. The van der Waals surface area contributed by atoms with Gasteiger partial charge in [0.1, 0.15) is 6.04 Å². The fourth-order valence-corrected chi connectivity index (χ4v) is 3.71. The van der Waals surface area contributed by atoms with Crippen LogP contribution in [0.25, 0.3) is 0 Å². The highest BCUT2D eigenvalue weighted by molar-refractivity contribution is 7.89. The van der Waals surface area contributed by atoms with E-state index in [-0.39, 0.29) is 11.4 Å². The molecule has 1 aromatic carbocycles. The molecule has 0 radical (unpaired) electrons. The Morgan fingerprint density at radius 3 is 2.63 bits per heavy atom. The van der Waals surface area contributed by atoms with Gasteiger partial charge in [-0.05, 0) is 37.5 Å². The molecule has 7 heteroatoms. The van der Waals surface area contributed by atoms with Gasteiger partial charge < -0.3 is 0 Å². The lowest BCUT2D eigenvalue weighted by Crippen LogP contribution is -2.42. The van der Waals surface area contributed by atoms with Crippen molar-refractivity contribution in [1.29, 1.82) is 5.26 Å². The summed E-state index contributed by atoms with van der Waals surface area (Å²) in [6, 6.07) is 3.62. The van der Waals surface area contributed by atoms with Crippen LogP contribution in [0.4, 0.5) is 8.78 Å². The van der Waals surface area contributed by atoms with Gasteiger partial charge in [0, 0.05) is 6.54 Å². The van der Waals surface area contributed by atoms with Crippen molar-refractivity contribution in [1.82, 2.24) is 4.31 Å². The first-order valence-corrected chi connectivity index (χ1v) is 7.27. The SMILES string of the molecule is N#CC1CCCCN1S(=O)(=O)c1ccc(F)c(F)c1. The first kappa shape index (κ1) is 13.9. The molecule has 1 saturated heterocycles. The number of piperidine rings is 1. The van der Waals surface area contributed by atoms with Crippen molar-refractivity contribution in [3.63, 3.8) is 0 Å². The van der Waals surface area contributed by atoms with E-state index < -0.39 is 27.7 Å². The maximum atomic E-state index is 13.1. The van der Waals surface area contributed by atoms with E-state index >= 15 is 0 Å². The smallest absolute Gasteiger partial charge is 0.207 e. The predicted octanol–water partition coefficient (Wildman–Crippen LogP) is 2.03. The Labute approximate surface area is 110 Å². The van der Waals surface area contributed by atoms with Gasteiger partial charge >= 0.3 is 0 Å². The molecule has 2 rings (SSSR count). The minimum Gasteiger partial charge on any atom is -0.207 e. The first-order valence-electron chi connectivity index (χ1n) is 5.83. The summed E-state index contributed by atoms with van der Waals surface area (Å²) >= 11 is 0. The number of benzene rings is 1. The van der Waals surface area contributed by atoms with Crippen LogP contribution in [0, 0.1) is 23.0 Å². The van der Waals surface area contributed by atoms with Gasteiger partial charge in [0.25, 0.3) is 0 Å². The summed E-state index contributed by atoms with van der Waals surface area (Å²) in [6.07, 6.45) is 1.89. The van der Waals surface area contributed by atoms with Gasteiger partial charge in [0.05, 0.1) is 11.0 Å². The average molecular weight is 286 g/mol. The van der Waals surface area contributed by atoms with E-state index in [1.165, 1.54) is 0 Å². The summed E-state index contributed by atoms with van der Waals surface area (Å²) in [5, 5.41) is 8.98. The van der Waals surface area contributed by atoms with E-state index in [4.69, 9.17) is 5.26 Å². The van der Waals surface area contributed by atoms with Crippen LogP contribution in [0.15, 0.2) is 23.1 Å². The fourth-order valence-electron chi connectivity index (χ4n) is 2.09. The lowest BCUT2D eigenvalue weighted by atomic mass is 10.1. The summed E-state index contributed by atoms with van der Waals surface area (Å²) in [6.45, 7) is 0.222. The molecule has 1 atom stereocenters. The van der Waals surface area contributed by atoms with Crippen LogP contribution < -0.4 is 0 Å². The maximum Gasteiger partial charge on any atom is 0.244 e. The van der Waals surface area contributed by atoms with Crippen LogP contribution in [0.5, 0.6) is 0 Å². The minimum absolute atomic E-state index is 0.222. The van der Waals surface area contributed by atoms with Crippen LogP contribution in [0.3, 0.4) is 0 Å². The number of rotatable bonds is 2. The third-order valence-corrected chi connectivity index (χ3v) is 5.00. The second-order valence-electron chi connectivity index (χ2n) is 4.33. The number of halogens is 2. The molecule has 1 fully saturated rings. The lowest BCUT2D eigenvalue weighted by molar-refractivity contribution is 0.297. The Bertz CT molecular complexity index is 625. The summed E-state index contributed by atoms with van der Waals surface area (Å²) in [7, 11) is -3.96. The van der Waals surface area contributed by atoms with E-state index in [1.807, 2.05) is 6.07 Å².